The lowest BCUT2D eigenvalue weighted by Crippen LogP contribution is -2.48. The highest BCUT2D eigenvalue weighted by Crippen LogP contribution is 1.89. The number of hydrogen-bond donors (Lipinski definition) is 4. The number of urea groups is 2. The summed E-state index contributed by atoms with van der Waals surface area (Å²) in [5, 5.41) is 10.5. The summed E-state index contributed by atoms with van der Waals surface area (Å²) in [4.78, 5) is 44.5. The van der Waals surface area contributed by atoms with Crippen molar-refractivity contribution in [1.29, 1.82) is 0 Å². The third-order valence-electron chi connectivity index (χ3n) is 1.84. The highest BCUT2D eigenvalue weighted by molar-refractivity contribution is 6.39. The summed E-state index contributed by atoms with van der Waals surface area (Å²) < 4.78 is 0. The average Bonchev–Trinajstić information content (AvgIpc) is 2.35. The SMILES string of the molecule is O=C1N/N=C\CCC/C=N/NC(=O)NC(=O)C(=O)N1. The quantitative estimate of drug-likeness (QED) is 0.409. The normalized spacial score (nSPS) is 21.9. The van der Waals surface area contributed by atoms with E-state index in [1.54, 1.807) is 10.6 Å². The van der Waals surface area contributed by atoms with Crippen LogP contribution in [0.3, 0.4) is 0 Å². The van der Waals surface area contributed by atoms with Crippen LogP contribution in [0.4, 0.5) is 9.59 Å². The Morgan fingerprint density at radius 2 is 1.21 bits per heavy atom. The van der Waals surface area contributed by atoms with Crippen molar-refractivity contribution in [2.45, 2.75) is 19.3 Å². The molecule has 1 aliphatic heterocycles. The largest absolute Gasteiger partial charge is 0.342 e. The number of imide groups is 2. The molecule has 0 radical (unpaired) electrons. The topological polar surface area (TPSA) is 141 Å². The van der Waals surface area contributed by atoms with Gasteiger partial charge in [0, 0.05) is 12.4 Å². The van der Waals surface area contributed by atoms with Crippen LogP contribution in [0.2, 0.25) is 0 Å². The molecule has 0 aromatic heterocycles. The van der Waals surface area contributed by atoms with Gasteiger partial charge in [-0.3, -0.25) is 20.2 Å². The average molecular weight is 268 g/mol. The summed E-state index contributed by atoms with van der Waals surface area (Å²) in [6.07, 6.45) is 4.74. The Kier molecular flexibility index (Phi) is 5.66. The molecule has 0 aromatic rings. The van der Waals surface area contributed by atoms with Gasteiger partial charge in [0.2, 0.25) is 0 Å². The Morgan fingerprint density at radius 1 is 0.789 bits per heavy atom. The monoisotopic (exact) mass is 268 g/mol. The molecule has 10 nitrogen and oxygen atoms in total. The Balaban J connectivity index is 2.65. The minimum absolute atomic E-state index is 0.575. The summed E-state index contributed by atoms with van der Waals surface area (Å²) in [5.74, 6) is -2.58. The van der Waals surface area contributed by atoms with Gasteiger partial charge in [-0.1, -0.05) is 0 Å². The van der Waals surface area contributed by atoms with Crippen LogP contribution < -0.4 is 21.5 Å². The number of rotatable bonds is 0. The smallest absolute Gasteiger partial charge is 0.268 e. The molecule has 1 heterocycles. The number of amides is 6. The first-order chi connectivity index (χ1) is 9.09. The minimum Gasteiger partial charge on any atom is -0.268 e. The first-order valence-electron chi connectivity index (χ1n) is 5.35. The number of hydrogen-bond acceptors (Lipinski definition) is 6. The van der Waals surface area contributed by atoms with Gasteiger partial charge in [-0.05, 0) is 19.3 Å². The standard InChI is InChI=1S/C9H12N6O4/c16-6-7(17)13-9(19)15-11-5-3-1-2-4-10-14-8(18)12-6/h4-5H,1-3H2,(H2,12,14,16,18)(H2,13,15,17,19)/b10-4-,11-5+. The zero-order valence-electron chi connectivity index (χ0n) is 9.80. The molecule has 0 spiro atoms. The molecule has 1 aliphatic rings. The van der Waals surface area contributed by atoms with E-state index in [2.05, 4.69) is 10.2 Å². The Hall–Kier alpha value is -2.78. The van der Waals surface area contributed by atoms with Crippen LogP contribution in [0, 0.1) is 0 Å². The highest BCUT2D eigenvalue weighted by atomic mass is 16.2. The number of carbonyl (C=O) groups is 4. The first kappa shape index (κ1) is 14.3. The molecule has 0 saturated heterocycles. The molecule has 10 heteroatoms. The Morgan fingerprint density at radius 3 is 1.63 bits per heavy atom. The summed E-state index contributed by atoms with van der Waals surface area (Å²) >= 11 is 0. The van der Waals surface area contributed by atoms with Gasteiger partial charge in [-0.2, -0.15) is 10.2 Å². The molecule has 1 rings (SSSR count). The van der Waals surface area contributed by atoms with Gasteiger partial charge in [0.1, 0.15) is 0 Å². The molecular weight excluding hydrogens is 256 g/mol. The third-order valence-corrected chi connectivity index (χ3v) is 1.84. The molecule has 0 atom stereocenters. The molecule has 0 unspecified atom stereocenters. The van der Waals surface area contributed by atoms with Crippen molar-refractivity contribution in [2.75, 3.05) is 0 Å². The maximum absolute atomic E-state index is 11.2. The third kappa shape index (κ3) is 5.91. The molecule has 19 heavy (non-hydrogen) atoms. The molecule has 0 bridgehead atoms. The van der Waals surface area contributed by atoms with Gasteiger partial charge in [0.05, 0.1) is 0 Å². The number of nitrogens with zero attached hydrogens (tertiary/aromatic N) is 2. The van der Waals surface area contributed by atoms with E-state index in [0.29, 0.717) is 19.3 Å². The first-order valence-corrected chi connectivity index (χ1v) is 5.35. The molecule has 0 saturated carbocycles. The van der Waals surface area contributed by atoms with Crippen LogP contribution in [-0.2, 0) is 9.59 Å². The van der Waals surface area contributed by atoms with Crippen molar-refractivity contribution < 1.29 is 19.2 Å². The zero-order chi connectivity index (χ0) is 14.1. The Labute approximate surface area is 107 Å². The van der Waals surface area contributed by atoms with Crippen molar-refractivity contribution >= 4 is 36.3 Å². The number of nitrogens with one attached hydrogen (secondary N) is 4. The van der Waals surface area contributed by atoms with Crippen LogP contribution in [0.5, 0.6) is 0 Å². The molecule has 0 aliphatic carbocycles. The van der Waals surface area contributed by atoms with Crippen molar-refractivity contribution in [2.24, 2.45) is 10.2 Å². The van der Waals surface area contributed by atoms with E-state index in [1.165, 1.54) is 12.4 Å². The van der Waals surface area contributed by atoms with Gasteiger partial charge in [0.25, 0.3) is 0 Å². The predicted octanol–water partition coefficient (Wildman–Crippen LogP) is -1.21. The van der Waals surface area contributed by atoms with Gasteiger partial charge in [0.15, 0.2) is 0 Å². The fourth-order valence-corrected chi connectivity index (χ4v) is 1.01. The van der Waals surface area contributed by atoms with Crippen molar-refractivity contribution in [1.82, 2.24) is 21.5 Å². The summed E-state index contributed by atoms with van der Waals surface area (Å²) in [6.45, 7) is 0. The van der Waals surface area contributed by atoms with Crippen molar-refractivity contribution in [3.05, 3.63) is 0 Å². The molecule has 4 N–H and O–H groups in total. The second kappa shape index (κ2) is 7.53. The van der Waals surface area contributed by atoms with Crippen LogP contribution >= 0.6 is 0 Å². The lowest BCUT2D eigenvalue weighted by Gasteiger charge is -2.03. The minimum atomic E-state index is -1.29. The maximum Gasteiger partial charge on any atom is 0.342 e. The van der Waals surface area contributed by atoms with Gasteiger partial charge in [-0.15, -0.1) is 0 Å². The van der Waals surface area contributed by atoms with E-state index in [0.717, 1.165) is 0 Å². The van der Waals surface area contributed by atoms with Gasteiger partial charge < -0.3 is 0 Å². The lowest BCUT2D eigenvalue weighted by atomic mass is 10.3. The van der Waals surface area contributed by atoms with Crippen LogP contribution in [-0.4, -0.2) is 36.3 Å². The summed E-state index contributed by atoms with van der Waals surface area (Å²) in [5.41, 5.74) is 4.00. The summed E-state index contributed by atoms with van der Waals surface area (Å²) in [7, 11) is 0. The fraction of sp³-hybridized carbons (Fsp3) is 0.333. The predicted molar refractivity (Wildman–Crippen MR) is 64.2 cm³/mol. The van der Waals surface area contributed by atoms with Crippen LogP contribution in [0.25, 0.3) is 0 Å². The van der Waals surface area contributed by atoms with E-state index < -0.39 is 23.9 Å². The van der Waals surface area contributed by atoms with Crippen LogP contribution in [0.1, 0.15) is 19.3 Å². The van der Waals surface area contributed by atoms with Gasteiger partial charge in [-0.25, -0.2) is 20.4 Å². The number of hydrazone groups is 2. The van der Waals surface area contributed by atoms with Crippen LogP contribution in [0.15, 0.2) is 10.2 Å². The van der Waals surface area contributed by atoms with Crippen molar-refractivity contribution in [3.8, 4) is 0 Å². The molecule has 6 amide bonds. The maximum atomic E-state index is 11.2. The van der Waals surface area contributed by atoms with E-state index in [9.17, 15) is 19.2 Å². The van der Waals surface area contributed by atoms with E-state index in [4.69, 9.17) is 0 Å². The number of carbonyl (C=O) groups excluding carboxylic acids is 4. The highest BCUT2D eigenvalue weighted by Gasteiger charge is 2.18. The Bertz CT molecular complexity index is 404. The van der Waals surface area contributed by atoms with E-state index >= 15 is 0 Å². The van der Waals surface area contributed by atoms with E-state index in [1.807, 2.05) is 10.9 Å². The molecule has 0 aromatic carbocycles. The van der Waals surface area contributed by atoms with Gasteiger partial charge >= 0.3 is 23.9 Å². The zero-order valence-corrected chi connectivity index (χ0v) is 9.80. The summed E-state index contributed by atoms with van der Waals surface area (Å²) in [6, 6.07) is -1.94. The lowest BCUT2D eigenvalue weighted by molar-refractivity contribution is -0.137. The fourth-order valence-electron chi connectivity index (χ4n) is 1.01. The molecule has 102 valence electrons. The van der Waals surface area contributed by atoms with Crippen molar-refractivity contribution in [3.63, 3.8) is 0 Å². The van der Waals surface area contributed by atoms with E-state index in [-0.39, 0.29) is 0 Å². The second-order valence-electron chi connectivity index (χ2n) is 3.34. The molecule has 0 fully saturated rings. The second-order valence-corrected chi connectivity index (χ2v) is 3.34. The molecular formula is C9H12N6O4.